The van der Waals surface area contributed by atoms with Crippen LogP contribution in [0.25, 0.3) is 0 Å². The average Bonchev–Trinajstić information content (AvgIpc) is 2.00. The van der Waals surface area contributed by atoms with Gasteiger partial charge in [0.15, 0.2) is 0 Å². The SMILES string of the molecule is CC(C)(CO)C[N+](C)(C)C.COS(=O)(=O)[O-]. The zero-order valence-electron chi connectivity index (χ0n) is 10.8. The van der Waals surface area contributed by atoms with E-state index in [4.69, 9.17) is 5.11 Å². The fourth-order valence-corrected chi connectivity index (χ4v) is 1.33. The lowest BCUT2D eigenvalue weighted by atomic mass is 9.94. The summed E-state index contributed by atoms with van der Waals surface area (Å²) in [6, 6.07) is 0. The van der Waals surface area contributed by atoms with E-state index in [2.05, 4.69) is 39.2 Å². The molecule has 0 aromatic carbocycles. The van der Waals surface area contributed by atoms with Crippen LogP contribution in [0.5, 0.6) is 0 Å². The maximum Gasteiger partial charge on any atom is 0.217 e. The first kappa shape index (κ1) is 18.2. The number of aliphatic hydroxyl groups excluding tert-OH is 1. The molecule has 0 aromatic heterocycles. The molecule has 0 amide bonds. The molecule has 0 aliphatic carbocycles. The molecule has 0 aliphatic rings. The summed E-state index contributed by atoms with van der Waals surface area (Å²) in [5, 5.41) is 8.95. The van der Waals surface area contributed by atoms with Crippen LogP contribution in [-0.4, -0.2) is 64.0 Å². The lowest BCUT2D eigenvalue weighted by Crippen LogP contribution is -2.44. The van der Waals surface area contributed by atoms with Crippen molar-refractivity contribution in [1.29, 1.82) is 0 Å². The minimum Gasteiger partial charge on any atom is -0.726 e. The highest BCUT2D eigenvalue weighted by atomic mass is 32.3. The molecular formula is C9H23NO5S. The molecule has 0 atom stereocenters. The van der Waals surface area contributed by atoms with Crippen molar-refractivity contribution < 1.29 is 26.7 Å². The van der Waals surface area contributed by atoms with E-state index < -0.39 is 10.4 Å². The van der Waals surface area contributed by atoms with E-state index in [-0.39, 0.29) is 12.0 Å². The van der Waals surface area contributed by atoms with E-state index in [9.17, 15) is 13.0 Å². The fourth-order valence-electron chi connectivity index (χ4n) is 1.33. The fraction of sp³-hybridized carbons (Fsp3) is 1.00. The standard InChI is InChI=1S/C8H20NO.CH4O4S/c1-8(2,7-10)6-9(3,4)5;1-5-6(2,3)4/h10H,6-7H2,1-5H3;1H3,(H,2,3,4)/q+1;/p-1. The average molecular weight is 257 g/mol. The molecule has 0 fully saturated rings. The van der Waals surface area contributed by atoms with Crippen molar-refractivity contribution in [2.45, 2.75) is 13.8 Å². The highest BCUT2D eigenvalue weighted by Gasteiger charge is 2.24. The summed E-state index contributed by atoms with van der Waals surface area (Å²) in [5.41, 5.74) is 0.0538. The van der Waals surface area contributed by atoms with E-state index in [1.165, 1.54) is 0 Å². The van der Waals surface area contributed by atoms with E-state index >= 15 is 0 Å². The van der Waals surface area contributed by atoms with Gasteiger partial charge in [-0.25, -0.2) is 8.42 Å². The second-order valence-electron chi connectivity index (χ2n) is 5.35. The molecule has 0 rings (SSSR count). The van der Waals surface area contributed by atoms with Gasteiger partial charge >= 0.3 is 0 Å². The molecule has 0 radical (unpaired) electrons. The maximum absolute atomic E-state index is 9.22. The summed E-state index contributed by atoms with van der Waals surface area (Å²) in [6.07, 6.45) is 0. The Kier molecular flexibility index (Phi) is 7.39. The third-order valence-corrected chi connectivity index (χ3v) is 1.94. The molecule has 7 heteroatoms. The van der Waals surface area contributed by atoms with Crippen molar-refractivity contribution in [2.75, 3.05) is 41.4 Å². The number of rotatable bonds is 4. The van der Waals surface area contributed by atoms with E-state index in [1.54, 1.807) is 0 Å². The molecule has 0 aromatic rings. The van der Waals surface area contributed by atoms with Gasteiger partial charge in [-0.2, -0.15) is 0 Å². The van der Waals surface area contributed by atoms with Crippen LogP contribution in [0.1, 0.15) is 13.8 Å². The van der Waals surface area contributed by atoms with Crippen LogP contribution >= 0.6 is 0 Å². The zero-order valence-corrected chi connectivity index (χ0v) is 11.7. The molecule has 0 aliphatic heterocycles. The first-order valence-electron chi connectivity index (χ1n) is 4.76. The molecular weight excluding hydrogens is 234 g/mol. The molecule has 0 bridgehead atoms. The zero-order chi connectivity index (χ0) is 13.6. The van der Waals surface area contributed by atoms with Gasteiger partial charge in [0.2, 0.25) is 10.4 Å². The molecule has 0 spiro atoms. The minimum atomic E-state index is -4.41. The quantitative estimate of drug-likeness (QED) is 0.428. The second-order valence-corrected chi connectivity index (χ2v) is 6.50. The smallest absolute Gasteiger partial charge is 0.217 e. The van der Waals surface area contributed by atoms with Crippen molar-refractivity contribution in [1.82, 2.24) is 0 Å². The van der Waals surface area contributed by atoms with Crippen LogP contribution in [0.2, 0.25) is 0 Å². The highest BCUT2D eigenvalue weighted by Crippen LogP contribution is 2.16. The normalized spacial score (nSPS) is 13.0. The third-order valence-electron chi connectivity index (χ3n) is 1.53. The Labute approximate surface area is 98.4 Å². The van der Waals surface area contributed by atoms with Crippen LogP contribution in [0.3, 0.4) is 0 Å². The number of quaternary nitrogens is 1. The number of hydrogen-bond donors (Lipinski definition) is 1. The molecule has 0 heterocycles. The van der Waals surface area contributed by atoms with Crippen LogP contribution < -0.4 is 0 Å². The van der Waals surface area contributed by atoms with Crippen LogP contribution in [0.15, 0.2) is 0 Å². The van der Waals surface area contributed by atoms with Gasteiger partial charge in [0.25, 0.3) is 0 Å². The molecule has 100 valence electrons. The van der Waals surface area contributed by atoms with Gasteiger partial charge in [-0.15, -0.1) is 0 Å². The Bertz CT molecular complexity index is 279. The molecule has 0 saturated carbocycles. The molecule has 0 unspecified atom stereocenters. The molecule has 0 saturated heterocycles. The van der Waals surface area contributed by atoms with Gasteiger partial charge in [0, 0.05) is 5.41 Å². The van der Waals surface area contributed by atoms with E-state index in [1.807, 2.05) is 0 Å². The topological polar surface area (TPSA) is 86.7 Å². The van der Waals surface area contributed by atoms with Gasteiger partial charge in [-0.05, 0) is 0 Å². The van der Waals surface area contributed by atoms with Gasteiger partial charge in [-0.3, -0.25) is 4.18 Å². The predicted molar refractivity (Wildman–Crippen MR) is 60.5 cm³/mol. The predicted octanol–water partition coefficient (Wildman–Crippen LogP) is -0.196. The van der Waals surface area contributed by atoms with Crippen molar-refractivity contribution >= 4 is 10.4 Å². The first-order chi connectivity index (χ1) is 6.83. The van der Waals surface area contributed by atoms with Crippen molar-refractivity contribution in [3.05, 3.63) is 0 Å². The van der Waals surface area contributed by atoms with Crippen LogP contribution in [0, 0.1) is 5.41 Å². The van der Waals surface area contributed by atoms with Gasteiger partial charge in [0.05, 0.1) is 41.4 Å². The Morgan fingerprint density at radius 1 is 1.31 bits per heavy atom. The monoisotopic (exact) mass is 257 g/mol. The lowest BCUT2D eigenvalue weighted by Gasteiger charge is -2.32. The minimum absolute atomic E-state index is 0.0538. The number of nitrogens with zero attached hydrogens (tertiary/aromatic N) is 1. The highest BCUT2D eigenvalue weighted by molar-refractivity contribution is 7.80. The van der Waals surface area contributed by atoms with E-state index in [0.29, 0.717) is 0 Å². The third kappa shape index (κ3) is 16.2. The Hall–Kier alpha value is -0.210. The second kappa shape index (κ2) is 6.51. The summed E-state index contributed by atoms with van der Waals surface area (Å²) in [5.74, 6) is 0. The first-order valence-corrected chi connectivity index (χ1v) is 6.09. The number of aliphatic hydroxyl groups is 1. The van der Waals surface area contributed by atoms with E-state index in [0.717, 1.165) is 18.1 Å². The van der Waals surface area contributed by atoms with Crippen molar-refractivity contribution in [3.8, 4) is 0 Å². The Balaban J connectivity index is 0. The Morgan fingerprint density at radius 2 is 1.62 bits per heavy atom. The summed E-state index contributed by atoms with van der Waals surface area (Å²) in [7, 11) is 2.80. The molecule has 1 N–H and O–H groups in total. The maximum atomic E-state index is 9.22. The van der Waals surface area contributed by atoms with Crippen molar-refractivity contribution in [3.63, 3.8) is 0 Å². The molecule has 6 nitrogen and oxygen atoms in total. The summed E-state index contributed by atoms with van der Waals surface area (Å²) >= 11 is 0. The Morgan fingerprint density at radius 3 is 1.69 bits per heavy atom. The molecule has 16 heavy (non-hydrogen) atoms. The van der Waals surface area contributed by atoms with Crippen molar-refractivity contribution in [2.24, 2.45) is 5.41 Å². The van der Waals surface area contributed by atoms with Crippen LogP contribution in [0.4, 0.5) is 0 Å². The lowest BCUT2D eigenvalue weighted by molar-refractivity contribution is -0.877. The summed E-state index contributed by atoms with van der Waals surface area (Å²) in [6.45, 7) is 5.43. The summed E-state index contributed by atoms with van der Waals surface area (Å²) in [4.78, 5) is 0. The summed E-state index contributed by atoms with van der Waals surface area (Å²) < 4.78 is 31.9. The van der Waals surface area contributed by atoms with Gasteiger partial charge < -0.3 is 14.1 Å². The number of hydrogen-bond acceptors (Lipinski definition) is 5. The van der Waals surface area contributed by atoms with Crippen LogP contribution in [-0.2, 0) is 14.6 Å². The van der Waals surface area contributed by atoms with Gasteiger partial charge in [-0.1, -0.05) is 13.8 Å². The largest absolute Gasteiger partial charge is 0.726 e. The van der Waals surface area contributed by atoms with Gasteiger partial charge in [0.1, 0.15) is 0 Å².